The van der Waals surface area contributed by atoms with Crippen LogP contribution in [0.1, 0.15) is 44.7 Å². The van der Waals surface area contributed by atoms with Crippen LogP contribution in [-0.2, 0) is 17.8 Å². The normalized spacial score (nSPS) is 29.1. The second kappa shape index (κ2) is 9.99. The van der Waals surface area contributed by atoms with Gasteiger partial charge in [-0.1, -0.05) is 24.3 Å². The predicted molar refractivity (Wildman–Crippen MR) is 120 cm³/mol. The van der Waals surface area contributed by atoms with Crippen molar-refractivity contribution in [3.05, 3.63) is 35.4 Å². The fourth-order valence-electron chi connectivity index (χ4n) is 4.09. The lowest BCUT2D eigenvalue weighted by atomic mass is 10.1. The minimum atomic E-state index is 0.316. The first-order valence-electron chi connectivity index (χ1n) is 10.5. The van der Waals surface area contributed by atoms with E-state index in [4.69, 9.17) is 4.74 Å². The number of hydrogen-bond acceptors (Lipinski definition) is 4. The van der Waals surface area contributed by atoms with Gasteiger partial charge in [0.1, 0.15) is 0 Å². The Hall–Kier alpha value is -1.24. The molecular weight excluding hydrogens is 368 g/mol. The molecule has 0 amide bonds. The van der Waals surface area contributed by atoms with Crippen molar-refractivity contribution in [2.24, 2.45) is 4.99 Å². The smallest absolute Gasteiger partial charge is 0.191 e. The van der Waals surface area contributed by atoms with Gasteiger partial charge in [0, 0.05) is 44.5 Å². The zero-order chi connectivity index (χ0) is 20.0. The Bertz CT molecular complexity index is 632. The van der Waals surface area contributed by atoms with E-state index in [1.54, 1.807) is 0 Å². The van der Waals surface area contributed by atoms with Crippen LogP contribution in [0.2, 0.25) is 0 Å². The summed E-state index contributed by atoms with van der Waals surface area (Å²) < 4.78 is 6.17. The molecule has 2 N–H and O–H groups in total. The summed E-state index contributed by atoms with van der Waals surface area (Å²) in [6, 6.07) is 8.93. The molecule has 6 heteroatoms. The second-order valence-electron chi connectivity index (χ2n) is 8.45. The van der Waals surface area contributed by atoms with Crippen LogP contribution in [0.15, 0.2) is 29.3 Å². The number of aliphatic imine (C=N–C) groups is 1. The third-order valence-corrected chi connectivity index (χ3v) is 7.08. The standard InChI is InChI=1S/C22H36N4OS/c1-17-13-26(14-18(2)27-17)15-20-8-6-19(7-9-20)12-24-21(23-4)25-16-22(3)10-5-11-28-22/h6-9,17-18H,5,10-16H2,1-4H3,(H2,23,24,25). The summed E-state index contributed by atoms with van der Waals surface area (Å²) >= 11 is 2.07. The van der Waals surface area contributed by atoms with Gasteiger partial charge in [0.2, 0.25) is 0 Å². The Balaban J connectivity index is 1.44. The van der Waals surface area contributed by atoms with Crippen molar-refractivity contribution in [2.75, 3.05) is 32.4 Å². The molecule has 0 bridgehead atoms. The quantitative estimate of drug-likeness (QED) is 0.563. The number of nitrogens with zero attached hydrogens (tertiary/aromatic N) is 2. The molecular formula is C22H36N4OS. The first kappa shape index (κ1) is 21.5. The number of morpholine rings is 1. The molecule has 5 nitrogen and oxygen atoms in total. The fourth-order valence-corrected chi connectivity index (χ4v) is 5.33. The van der Waals surface area contributed by atoms with Gasteiger partial charge in [0.25, 0.3) is 0 Å². The van der Waals surface area contributed by atoms with Crippen molar-refractivity contribution in [3.63, 3.8) is 0 Å². The number of ether oxygens (including phenoxy) is 1. The van der Waals surface area contributed by atoms with Gasteiger partial charge in [-0.3, -0.25) is 9.89 Å². The highest BCUT2D eigenvalue weighted by molar-refractivity contribution is 8.00. The summed E-state index contributed by atoms with van der Waals surface area (Å²) in [7, 11) is 1.84. The first-order chi connectivity index (χ1) is 13.5. The van der Waals surface area contributed by atoms with E-state index in [0.717, 1.165) is 38.7 Å². The van der Waals surface area contributed by atoms with Crippen LogP contribution in [0.3, 0.4) is 0 Å². The number of guanidine groups is 1. The molecule has 2 aliphatic rings. The number of rotatable bonds is 6. The molecule has 3 unspecified atom stereocenters. The average Bonchev–Trinajstić information content (AvgIpc) is 3.09. The summed E-state index contributed by atoms with van der Waals surface area (Å²) in [6.45, 7) is 11.4. The zero-order valence-corrected chi connectivity index (χ0v) is 18.6. The van der Waals surface area contributed by atoms with Crippen LogP contribution < -0.4 is 10.6 Å². The maximum absolute atomic E-state index is 5.83. The third kappa shape index (κ3) is 6.39. The molecule has 2 aliphatic heterocycles. The molecule has 2 saturated heterocycles. The average molecular weight is 405 g/mol. The van der Waals surface area contributed by atoms with Crippen LogP contribution in [0.25, 0.3) is 0 Å². The molecule has 28 heavy (non-hydrogen) atoms. The van der Waals surface area contributed by atoms with Crippen LogP contribution in [0.5, 0.6) is 0 Å². The van der Waals surface area contributed by atoms with E-state index in [0.29, 0.717) is 17.0 Å². The highest BCUT2D eigenvalue weighted by Crippen LogP contribution is 2.36. The largest absolute Gasteiger partial charge is 0.373 e. The second-order valence-corrected chi connectivity index (χ2v) is 10.1. The highest BCUT2D eigenvalue weighted by atomic mass is 32.2. The van der Waals surface area contributed by atoms with Crippen molar-refractivity contribution >= 4 is 17.7 Å². The number of thioether (sulfide) groups is 1. The molecule has 0 aliphatic carbocycles. The van der Waals surface area contributed by atoms with Gasteiger partial charge in [-0.25, -0.2) is 0 Å². The van der Waals surface area contributed by atoms with Crippen molar-refractivity contribution in [3.8, 4) is 0 Å². The van der Waals surface area contributed by atoms with Crippen molar-refractivity contribution in [2.45, 2.75) is 63.7 Å². The van der Waals surface area contributed by atoms with Gasteiger partial charge in [-0.2, -0.15) is 11.8 Å². The molecule has 0 spiro atoms. The molecule has 3 rings (SSSR count). The van der Waals surface area contributed by atoms with Gasteiger partial charge >= 0.3 is 0 Å². The fraction of sp³-hybridized carbons (Fsp3) is 0.682. The Labute approximate surface area is 174 Å². The Morgan fingerprint density at radius 2 is 1.86 bits per heavy atom. The van der Waals surface area contributed by atoms with E-state index < -0.39 is 0 Å². The molecule has 3 atom stereocenters. The summed E-state index contributed by atoms with van der Waals surface area (Å²) in [4.78, 5) is 6.86. The topological polar surface area (TPSA) is 48.9 Å². The molecule has 2 heterocycles. The maximum Gasteiger partial charge on any atom is 0.191 e. The SMILES string of the molecule is CN=C(NCc1ccc(CN2CC(C)OC(C)C2)cc1)NCC1(C)CCCS1. The Morgan fingerprint density at radius 3 is 2.46 bits per heavy atom. The predicted octanol–water partition coefficient (Wildman–Crippen LogP) is 3.25. The molecule has 0 aromatic heterocycles. The lowest BCUT2D eigenvalue weighted by Crippen LogP contribution is -2.44. The number of hydrogen-bond donors (Lipinski definition) is 2. The summed E-state index contributed by atoms with van der Waals surface area (Å²) in [5.41, 5.74) is 2.63. The number of nitrogens with one attached hydrogen (secondary N) is 2. The number of benzene rings is 1. The van der Waals surface area contributed by atoms with Gasteiger partial charge in [0.05, 0.1) is 12.2 Å². The van der Waals surface area contributed by atoms with Gasteiger partial charge in [0.15, 0.2) is 5.96 Å². The molecule has 156 valence electrons. The minimum Gasteiger partial charge on any atom is -0.373 e. The van der Waals surface area contributed by atoms with E-state index in [1.807, 2.05) is 7.05 Å². The van der Waals surface area contributed by atoms with E-state index >= 15 is 0 Å². The summed E-state index contributed by atoms with van der Waals surface area (Å²) in [5, 5.41) is 6.94. The zero-order valence-electron chi connectivity index (χ0n) is 17.8. The van der Waals surface area contributed by atoms with Crippen molar-refractivity contribution < 1.29 is 4.74 Å². The molecule has 1 aromatic carbocycles. The van der Waals surface area contributed by atoms with Crippen LogP contribution >= 0.6 is 11.8 Å². The molecule has 0 saturated carbocycles. The first-order valence-corrected chi connectivity index (χ1v) is 11.5. The molecule has 2 fully saturated rings. The van der Waals surface area contributed by atoms with E-state index in [-0.39, 0.29) is 0 Å². The maximum atomic E-state index is 5.83. The lowest BCUT2D eigenvalue weighted by Gasteiger charge is -2.35. The summed E-state index contributed by atoms with van der Waals surface area (Å²) in [5.74, 6) is 2.16. The monoisotopic (exact) mass is 404 g/mol. The minimum absolute atomic E-state index is 0.316. The Kier molecular flexibility index (Phi) is 7.66. The van der Waals surface area contributed by atoms with Crippen LogP contribution in [0, 0.1) is 0 Å². The van der Waals surface area contributed by atoms with Gasteiger partial charge in [-0.05, 0) is 50.5 Å². The molecule has 1 aromatic rings. The van der Waals surface area contributed by atoms with E-state index in [1.165, 1.54) is 29.7 Å². The van der Waals surface area contributed by atoms with Gasteiger partial charge < -0.3 is 15.4 Å². The van der Waals surface area contributed by atoms with Crippen LogP contribution in [0.4, 0.5) is 0 Å². The van der Waals surface area contributed by atoms with Crippen LogP contribution in [-0.4, -0.2) is 60.2 Å². The lowest BCUT2D eigenvalue weighted by molar-refractivity contribution is -0.0704. The third-order valence-electron chi connectivity index (χ3n) is 5.54. The van der Waals surface area contributed by atoms with Gasteiger partial charge in [-0.15, -0.1) is 0 Å². The molecule has 0 radical (unpaired) electrons. The van der Waals surface area contributed by atoms with E-state index in [9.17, 15) is 0 Å². The highest BCUT2D eigenvalue weighted by Gasteiger charge is 2.29. The van der Waals surface area contributed by atoms with Crippen molar-refractivity contribution in [1.82, 2.24) is 15.5 Å². The summed E-state index contributed by atoms with van der Waals surface area (Å²) in [6.07, 6.45) is 3.24. The Morgan fingerprint density at radius 1 is 1.18 bits per heavy atom. The van der Waals surface area contributed by atoms with Crippen molar-refractivity contribution in [1.29, 1.82) is 0 Å². The van der Waals surface area contributed by atoms with E-state index in [2.05, 4.69) is 77.3 Å².